The minimum absolute atomic E-state index is 0.391. The molecule has 0 radical (unpaired) electrons. The van der Waals surface area contributed by atoms with E-state index in [0.717, 1.165) is 27.8 Å². The van der Waals surface area contributed by atoms with Crippen LogP contribution in [0.25, 0.3) is 10.9 Å². The Morgan fingerprint density at radius 1 is 1.12 bits per heavy atom. The van der Waals surface area contributed by atoms with Crippen LogP contribution in [0.1, 0.15) is 17.2 Å². The van der Waals surface area contributed by atoms with E-state index < -0.39 is 11.9 Å². The summed E-state index contributed by atoms with van der Waals surface area (Å²) >= 11 is 0. The Balaban J connectivity index is 1.92. The average molecular weight is 334 g/mol. The number of hydrogen-bond donors (Lipinski definition) is 2. The number of pyridine rings is 1. The molecule has 3 aromatic rings. The van der Waals surface area contributed by atoms with E-state index in [9.17, 15) is 4.79 Å². The molecule has 1 unspecified atom stereocenters. The van der Waals surface area contributed by atoms with Crippen LogP contribution in [0.3, 0.4) is 0 Å². The first kappa shape index (κ1) is 16.9. The zero-order valence-electron chi connectivity index (χ0n) is 14.4. The molecule has 128 valence electrons. The summed E-state index contributed by atoms with van der Waals surface area (Å²) in [5.41, 5.74) is 8.48. The minimum Gasteiger partial charge on any atom is -0.368 e. The number of aromatic nitrogens is 1. The van der Waals surface area contributed by atoms with Crippen molar-refractivity contribution in [1.82, 2.24) is 10.3 Å². The summed E-state index contributed by atoms with van der Waals surface area (Å²) in [4.78, 5) is 18.5. The minimum atomic E-state index is -0.532. The SMILES string of the molecule is CN(C)c1cc(CNC(C(N)=O)c2ccccc2)c2ccccc2n1. The fourth-order valence-corrected chi connectivity index (χ4v) is 2.85. The van der Waals surface area contributed by atoms with Gasteiger partial charge in [-0.3, -0.25) is 10.1 Å². The predicted octanol–water partition coefficient (Wildman–Crippen LogP) is 2.62. The molecular formula is C20H22N4O. The van der Waals surface area contributed by atoms with Crippen LogP contribution in [-0.4, -0.2) is 25.0 Å². The molecule has 0 bridgehead atoms. The first-order valence-corrected chi connectivity index (χ1v) is 8.20. The number of carbonyl (C=O) groups is 1. The van der Waals surface area contributed by atoms with Gasteiger partial charge in [0.1, 0.15) is 11.9 Å². The molecule has 3 N–H and O–H groups in total. The lowest BCUT2D eigenvalue weighted by Gasteiger charge is -2.19. The average Bonchev–Trinajstić information content (AvgIpc) is 2.62. The zero-order chi connectivity index (χ0) is 17.8. The second-order valence-electron chi connectivity index (χ2n) is 6.18. The monoisotopic (exact) mass is 334 g/mol. The van der Waals surface area contributed by atoms with E-state index >= 15 is 0 Å². The van der Waals surface area contributed by atoms with Gasteiger partial charge in [0.25, 0.3) is 0 Å². The van der Waals surface area contributed by atoms with Gasteiger partial charge in [0.2, 0.25) is 5.91 Å². The number of para-hydroxylation sites is 1. The summed E-state index contributed by atoms with van der Waals surface area (Å²) in [6, 6.07) is 19.0. The Morgan fingerprint density at radius 3 is 2.48 bits per heavy atom. The zero-order valence-corrected chi connectivity index (χ0v) is 14.4. The molecule has 1 aromatic heterocycles. The molecule has 3 rings (SSSR count). The number of amides is 1. The van der Waals surface area contributed by atoms with Crippen LogP contribution < -0.4 is 16.0 Å². The van der Waals surface area contributed by atoms with Gasteiger partial charge in [-0.05, 0) is 23.3 Å². The van der Waals surface area contributed by atoms with Gasteiger partial charge in [-0.15, -0.1) is 0 Å². The molecule has 1 heterocycles. The van der Waals surface area contributed by atoms with Gasteiger partial charge >= 0.3 is 0 Å². The summed E-state index contributed by atoms with van der Waals surface area (Å²) in [5.74, 6) is 0.489. The van der Waals surface area contributed by atoms with Gasteiger partial charge in [0, 0.05) is 26.0 Å². The van der Waals surface area contributed by atoms with Gasteiger partial charge in [-0.1, -0.05) is 48.5 Å². The number of hydrogen-bond acceptors (Lipinski definition) is 4. The summed E-state index contributed by atoms with van der Waals surface area (Å²) < 4.78 is 0. The highest BCUT2D eigenvalue weighted by Crippen LogP contribution is 2.23. The number of nitrogens with one attached hydrogen (secondary N) is 1. The molecule has 25 heavy (non-hydrogen) atoms. The van der Waals surface area contributed by atoms with Crippen molar-refractivity contribution in [2.45, 2.75) is 12.6 Å². The molecule has 2 aromatic carbocycles. The maximum atomic E-state index is 11.9. The van der Waals surface area contributed by atoms with Crippen molar-refractivity contribution < 1.29 is 4.79 Å². The molecule has 0 saturated carbocycles. The second-order valence-corrected chi connectivity index (χ2v) is 6.18. The Bertz CT molecular complexity index is 877. The maximum absolute atomic E-state index is 11.9. The summed E-state index contributed by atoms with van der Waals surface area (Å²) in [6.45, 7) is 0.520. The normalized spacial score (nSPS) is 12.1. The number of anilines is 1. The Morgan fingerprint density at radius 2 is 1.80 bits per heavy atom. The molecule has 0 aliphatic rings. The van der Waals surface area contributed by atoms with Crippen LogP contribution in [0.2, 0.25) is 0 Å². The van der Waals surface area contributed by atoms with Gasteiger partial charge in [-0.2, -0.15) is 0 Å². The summed E-state index contributed by atoms with van der Waals surface area (Å²) in [6.07, 6.45) is 0. The molecular weight excluding hydrogens is 312 g/mol. The third-order valence-corrected chi connectivity index (χ3v) is 4.16. The first-order valence-electron chi connectivity index (χ1n) is 8.20. The van der Waals surface area contributed by atoms with Crippen LogP contribution in [0, 0.1) is 0 Å². The topological polar surface area (TPSA) is 71.2 Å². The van der Waals surface area contributed by atoms with Crippen LogP contribution in [0.5, 0.6) is 0 Å². The Labute approximate surface area is 147 Å². The van der Waals surface area contributed by atoms with Crippen LogP contribution in [-0.2, 0) is 11.3 Å². The van der Waals surface area contributed by atoms with E-state index in [-0.39, 0.29) is 0 Å². The van der Waals surface area contributed by atoms with Crippen molar-refractivity contribution in [2.75, 3.05) is 19.0 Å². The fraction of sp³-hybridized carbons (Fsp3) is 0.200. The van der Waals surface area contributed by atoms with E-state index in [0.29, 0.717) is 6.54 Å². The number of carbonyl (C=O) groups excluding carboxylic acids is 1. The number of primary amides is 1. The predicted molar refractivity (Wildman–Crippen MR) is 101 cm³/mol. The van der Waals surface area contributed by atoms with Crippen molar-refractivity contribution in [3.8, 4) is 0 Å². The van der Waals surface area contributed by atoms with E-state index in [1.54, 1.807) is 0 Å². The highest BCUT2D eigenvalue weighted by molar-refractivity contribution is 5.84. The highest BCUT2D eigenvalue weighted by Gasteiger charge is 2.17. The molecule has 1 amide bonds. The van der Waals surface area contributed by atoms with E-state index in [4.69, 9.17) is 5.73 Å². The largest absolute Gasteiger partial charge is 0.368 e. The van der Waals surface area contributed by atoms with E-state index in [1.165, 1.54) is 0 Å². The Kier molecular flexibility index (Phi) is 4.95. The third kappa shape index (κ3) is 3.78. The van der Waals surface area contributed by atoms with Crippen LogP contribution in [0.4, 0.5) is 5.82 Å². The molecule has 0 fully saturated rings. The quantitative estimate of drug-likeness (QED) is 0.727. The number of benzene rings is 2. The molecule has 0 spiro atoms. The van der Waals surface area contributed by atoms with Crippen molar-refractivity contribution in [1.29, 1.82) is 0 Å². The molecule has 0 aliphatic heterocycles. The number of nitrogens with two attached hydrogens (primary N) is 1. The van der Waals surface area contributed by atoms with Crippen molar-refractivity contribution in [2.24, 2.45) is 5.73 Å². The smallest absolute Gasteiger partial charge is 0.239 e. The van der Waals surface area contributed by atoms with E-state index in [1.807, 2.05) is 79.7 Å². The lowest BCUT2D eigenvalue weighted by atomic mass is 10.0. The molecule has 1 atom stereocenters. The third-order valence-electron chi connectivity index (χ3n) is 4.16. The van der Waals surface area contributed by atoms with Crippen molar-refractivity contribution in [3.05, 3.63) is 71.8 Å². The van der Waals surface area contributed by atoms with Gasteiger partial charge in [-0.25, -0.2) is 4.98 Å². The van der Waals surface area contributed by atoms with Gasteiger partial charge < -0.3 is 10.6 Å². The lowest BCUT2D eigenvalue weighted by Crippen LogP contribution is -2.33. The first-order chi connectivity index (χ1) is 12.1. The maximum Gasteiger partial charge on any atom is 0.239 e. The van der Waals surface area contributed by atoms with Crippen LogP contribution in [0.15, 0.2) is 60.7 Å². The van der Waals surface area contributed by atoms with Crippen molar-refractivity contribution in [3.63, 3.8) is 0 Å². The van der Waals surface area contributed by atoms with Crippen molar-refractivity contribution >= 4 is 22.6 Å². The molecule has 0 aliphatic carbocycles. The number of rotatable bonds is 6. The summed E-state index contributed by atoms with van der Waals surface area (Å²) in [7, 11) is 3.93. The van der Waals surface area contributed by atoms with Gasteiger partial charge in [0.15, 0.2) is 0 Å². The number of nitrogens with zero attached hydrogens (tertiary/aromatic N) is 2. The molecule has 5 nitrogen and oxygen atoms in total. The standard InChI is InChI=1S/C20H22N4O/c1-24(2)18-12-15(16-10-6-7-11-17(16)23-18)13-22-19(20(21)25)14-8-4-3-5-9-14/h3-12,19,22H,13H2,1-2H3,(H2,21,25). The second kappa shape index (κ2) is 7.32. The fourth-order valence-electron chi connectivity index (χ4n) is 2.85. The highest BCUT2D eigenvalue weighted by atomic mass is 16.1. The lowest BCUT2D eigenvalue weighted by molar-refractivity contribution is -0.120. The van der Waals surface area contributed by atoms with E-state index in [2.05, 4.69) is 10.3 Å². The number of fused-ring (bicyclic) bond motifs is 1. The van der Waals surface area contributed by atoms with Gasteiger partial charge in [0.05, 0.1) is 5.52 Å². The summed E-state index contributed by atoms with van der Waals surface area (Å²) in [5, 5.41) is 4.36. The molecule has 0 saturated heterocycles. The Hall–Kier alpha value is -2.92. The molecule has 5 heteroatoms. The van der Waals surface area contributed by atoms with Crippen LogP contribution >= 0.6 is 0 Å².